The molecule has 0 saturated heterocycles. The number of rotatable bonds is 8. The van der Waals surface area contributed by atoms with E-state index in [0.717, 1.165) is 24.3 Å². The number of carbonyl (C=O) groups excluding carboxylic acids is 1. The summed E-state index contributed by atoms with van der Waals surface area (Å²) in [5.41, 5.74) is 5.65. The standard InChI is InChI=1S/C19H18F4N2O5/c20-13-7-2-1-4-10(13)9-14(24)16(26)17(27)25-15(18(28)29)11-5-3-6-12(8-11)30-19(21,22)23/h1-8,14-16,26H,9,24H2,(H,25,27)(H,28,29)/t14-,15+,16+/m1/s1. The van der Waals surface area contributed by atoms with Crippen LogP contribution >= 0.6 is 0 Å². The van der Waals surface area contributed by atoms with Gasteiger partial charge >= 0.3 is 12.3 Å². The second-order valence-corrected chi connectivity index (χ2v) is 6.30. The Kier molecular flexibility index (Phi) is 7.35. The van der Waals surface area contributed by atoms with Gasteiger partial charge in [0, 0.05) is 6.04 Å². The van der Waals surface area contributed by atoms with Crippen molar-refractivity contribution in [2.45, 2.75) is 31.0 Å². The number of aliphatic hydroxyl groups is 1. The Morgan fingerprint density at radius 1 is 1.13 bits per heavy atom. The Hall–Kier alpha value is -3.18. The maximum atomic E-state index is 13.7. The fourth-order valence-corrected chi connectivity index (χ4v) is 2.63. The first-order valence-electron chi connectivity index (χ1n) is 8.54. The van der Waals surface area contributed by atoms with Crippen LogP contribution < -0.4 is 15.8 Å². The highest BCUT2D eigenvalue weighted by Gasteiger charge is 2.33. The van der Waals surface area contributed by atoms with Crippen LogP contribution in [0.5, 0.6) is 5.75 Å². The predicted molar refractivity (Wildman–Crippen MR) is 95.7 cm³/mol. The van der Waals surface area contributed by atoms with Gasteiger partial charge in [0.15, 0.2) is 6.04 Å². The molecule has 0 radical (unpaired) electrons. The van der Waals surface area contributed by atoms with E-state index in [9.17, 15) is 37.4 Å². The van der Waals surface area contributed by atoms with Crippen LogP contribution in [-0.4, -0.2) is 40.6 Å². The zero-order chi connectivity index (χ0) is 22.5. The van der Waals surface area contributed by atoms with Crippen LogP contribution in [0.4, 0.5) is 17.6 Å². The Morgan fingerprint density at radius 2 is 1.80 bits per heavy atom. The highest BCUT2D eigenvalue weighted by atomic mass is 19.4. The molecule has 0 unspecified atom stereocenters. The molecule has 0 aromatic heterocycles. The number of carboxylic acid groups (broad SMARTS) is 1. The molecule has 7 nitrogen and oxygen atoms in total. The van der Waals surface area contributed by atoms with Crippen LogP contribution in [0.2, 0.25) is 0 Å². The van der Waals surface area contributed by atoms with Crippen molar-refractivity contribution in [1.82, 2.24) is 5.32 Å². The first kappa shape index (κ1) is 23.1. The normalized spacial score (nSPS) is 14.5. The lowest BCUT2D eigenvalue weighted by atomic mass is 10.00. The average molecular weight is 430 g/mol. The van der Waals surface area contributed by atoms with E-state index in [-0.39, 0.29) is 17.5 Å². The molecule has 0 aliphatic heterocycles. The molecule has 5 N–H and O–H groups in total. The van der Waals surface area contributed by atoms with Crippen molar-refractivity contribution in [2.24, 2.45) is 5.73 Å². The highest BCUT2D eigenvalue weighted by Crippen LogP contribution is 2.26. The number of benzene rings is 2. The number of aliphatic carboxylic acids is 1. The Balaban J connectivity index is 2.12. The monoisotopic (exact) mass is 430 g/mol. The van der Waals surface area contributed by atoms with E-state index in [2.05, 4.69) is 4.74 Å². The highest BCUT2D eigenvalue weighted by molar-refractivity contribution is 5.87. The number of nitrogens with two attached hydrogens (primary N) is 1. The van der Waals surface area contributed by atoms with Crippen LogP contribution in [0.25, 0.3) is 0 Å². The van der Waals surface area contributed by atoms with Gasteiger partial charge in [0.25, 0.3) is 5.91 Å². The predicted octanol–water partition coefficient (Wildman–Crippen LogP) is 1.90. The molecule has 3 atom stereocenters. The number of aliphatic hydroxyl groups excluding tert-OH is 1. The SMILES string of the molecule is N[C@H](Cc1ccccc1F)[C@H](O)C(=O)N[C@H](C(=O)O)c1cccc(OC(F)(F)F)c1. The molecule has 11 heteroatoms. The number of halogens is 4. The zero-order valence-corrected chi connectivity index (χ0v) is 15.3. The molecule has 0 heterocycles. The van der Waals surface area contributed by atoms with Crippen LogP contribution in [0, 0.1) is 5.82 Å². The first-order valence-corrected chi connectivity index (χ1v) is 8.54. The Bertz CT molecular complexity index is 906. The quantitative estimate of drug-likeness (QED) is 0.475. The number of hydrogen-bond donors (Lipinski definition) is 4. The fraction of sp³-hybridized carbons (Fsp3) is 0.263. The molecule has 30 heavy (non-hydrogen) atoms. The summed E-state index contributed by atoms with van der Waals surface area (Å²) in [5, 5.41) is 21.5. The zero-order valence-electron chi connectivity index (χ0n) is 15.3. The average Bonchev–Trinajstić information content (AvgIpc) is 2.65. The molecule has 0 aliphatic carbocycles. The minimum Gasteiger partial charge on any atom is -0.479 e. The van der Waals surface area contributed by atoms with Gasteiger partial charge in [0.1, 0.15) is 17.7 Å². The number of carbonyl (C=O) groups is 2. The van der Waals surface area contributed by atoms with Crippen molar-refractivity contribution in [3.63, 3.8) is 0 Å². The van der Waals surface area contributed by atoms with Crippen molar-refractivity contribution in [2.75, 3.05) is 0 Å². The molecular weight excluding hydrogens is 412 g/mol. The van der Waals surface area contributed by atoms with Gasteiger partial charge in [-0.1, -0.05) is 30.3 Å². The summed E-state index contributed by atoms with van der Waals surface area (Å²) in [6, 6.07) is 6.52. The van der Waals surface area contributed by atoms with Gasteiger partial charge in [-0.2, -0.15) is 0 Å². The number of carboxylic acids is 1. The Morgan fingerprint density at radius 3 is 2.40 bits per heavy atom. The topological polar surface area (TPSA) is 122 Å². The molecule has 2 aromatic rings. The fourth-order valence-electron chi connectivity index (χ4n) is 2.63. The van der Waals surface area contributed by atoms with E-state index in [0.29, 0.717) is 0 Å². The summed E-state index contributed by atoms with van der Waals surface area (Å²) in [6.07, 6.45) is -7.11. The lowest BCUT2D eigenvalue weighted by Gasteiger charge is -2.22. The summed E-state index contributed by atoms with van der Waals surface area (Å²) in [5.74, 6) is -4.06. The van der Waals surface area contributed by atoms with Gasteiger partial charge in [-0.15, -0.1) is 13.2 Å². The van der Waals surface area contributed by atoms with Crippen molar-refractivity contribution in [1.29, 1.82) is 0 Å². The van der Waals surface area contributed by atoms with Gasteiger partial charge in [0.2, 0.25) is 0 Å². The molecule has 1 amide bonds. The second-order valence-electron chi connectivity index (χ2n) is 6.30. The van der Waals surface area contributed by atoms with Crippen molar-refractivity contribution < 1.29 is 42.1 Å². The summed E-state index contributed by atoms with van der Waals surface area (Å²) in [4.78, 5) is 23.8. The van der Waals surface area contributed by atoms with E-state index in [1.165, 1.54) is 24.3 Å². The van der Waals surface area contributed by atoms with Crippen LogP contribution in [0.3, 0.4) is 0 Å². The van der Waals surface area contributed by atoms with Crippen LogP contribution in [0.1, 0.15) is 17.2 Å². The smallest absolute Gasteiger partial charge is 0.479 e. The first-order chi connectivity index (χ1) is 14.0. The van der Waals surface area contributed by atoms with Gasteiger partial charge in [0.05, 0.1) is 0 Å². The molecule has 0 saturated carbocycles. The lowest BCUT2D eigenvalue weighted by molar-refractivity contribution is -0.274. The number of hydrogen-bond acceptors (Lipinski definition) is 5. The third-order valence-corrected chi connectivity index (χ3v) is 4.05. The third-order valence-electron chi connectivity index (χ3n) is 4.05. The van der Waals surface area contributed by atoms with Crippen molar-refractivity contribution >= 4 is 11.9 Å². The minimum absolute atomic E-state index is 0.142. The van der Waals surface area contributed by atoms with E-state index in [4.69, 9.17) is 5.73 Å². The molecule has 2 aromatic carbocycles. The Labute approximate surface area is 168 Å². The molecule has 162 valence electrons. The van der Waals surface area contributed by atoms with Gasteiger partial charge in [-0.3, -0.25) is 4.79 Å². The molecule has 0 spiro atoms. The molecule has 0 aliphatic rings. The summed E-state index contributed by atoms with van der Waals surface area (Å²) >= 11 is 0. The number of amides is 1. The van der Waals surface area contributed by atoms with E-state index >= 15 is 0 Å². The van der Waals surface area contributed by atoms with Gasteiger partial charge < -0.3 is 26.0 Å². The van der Waals surface area contributed by atoms with Gasteiger partial charge in [-0.25, -0.2) is 9.18 Å². The van der Waals surface area contributed by atoms with Crippen LogP contribution in [0.15, 0.2) is 48.5 Å². The molecular formula is C19H18F4N2O5. The lowest BCUT2D eigenvalue weighted by Crippen LogP contribution is -2.49. The largest absolute Gasteiger partial charge is 0.573 e. The summed E-state index contributed by atoms with van der Waals surface area (Å²) in [7, 11) is 0. The second kappa shape index (κ2) is 9.55. The van der Waals surface area contributed by atoms with Crippen molar-refractivity contribution in [3.8, 4) is 5.75 Å². The van der Waals surface area contributed by atoms with Crippen LogP contribution in [-0.2, 0) is 16.0 Å². The minimum atomic E-state index is -4.99. The maximum Gasteiger partial charge on any atom is 0.573 e. The van der Waals surface area contributed by atoms with Crippen molar-refractivity contribution in [3.05, 3.63) is 65.5 Å². The van der Waals surface area contributed by atoms with Gasteiger partial charge in [-0.05, 0) is 35.7 Å². The summed E-state index contributed by atoms with van der Waals surface area (Å²) < 4.78 is 54.5. The number of ether oxygens (including phenoxy) is 1. The molecule has 0 fully saturated rings. The van der Waals surface area contributed by atoms with E-state index in [1.807, 2.05) is 5.32 Å². The molecule has 2 rings (SSSR count). The number of nitrogens with one attached hydrogen (secondary N) is 1. The third kappa shape index (κ3) is 6.42. The molecule has 0 bridgehead atoms. The van der Waals surface area contributed by atoms with E-state index in [1.54, 1.807) is 0 Å². The van der Waals surface area contributed by atoms with E-state index < -0.39 is 48.0 Å². The maximum absolute atomic E-state index is 13.7. The number of alkyl halides is 3. The summed E-state index contributed by atoms with van der Waals surface area (Å²) in [6.45, 7) is 0.